The Morgan fingerprint density at radius 3 is 1.94 bits per heavy atom. The number of benzene rings is 2. The Balaban J connectivity index is 1.60. The molecule has 9 heteroatoms. The van der Waals surface area contributed by atoms with Gasteiger partial charge in [-0.25, -0.2) is 9.59 Å². The number of hydrogen-bond donors (Lipinski definition) is 5. The summed E-state index contributed by atoms with van der Waals surface area (Å²) in [6.07, 6.45) is 4.30. The third kappa shape index (κ3) is 5.36. The Morgan fingerprint density at radius 1 is 0.871 bits per heavy atom. The second-order valence-electron chi connectivity index (χ2n) is 6.51. The van der Waals surface area contributed by atoms with Gasteiger partial charge in [-0.15, -0.1) is 0 Å². The van der Waals surface area contributed by atoms with Crippen molar-refractivity contribution in [2.24, 2.45) is 0 Å². The molecule has 0 aromatic heterocycles. The van der Waals surface area contributed by atoms with Gasteiger partial charge in [-0.3, -0.25) is 0 Å². The summed E-state index contributed by atoms with van der Waals surface area (Å²) in [6.45, 7) is 0. The lowest BCUT2D eigenvalue weighted by atomic mass is 10.1. The number of phenols is 4. The van der Waals surface area contributed by atoms with E-state index in [0.717, 1.165) is 6.08 Å². The number of allylic oxidation sites excluding steroid dienone is 1. The number of carboxylic acids is 1. The number of carbonyl (C=O) groups is 2. The van der Waals surface area contributed by atoms with Crippen LogP contribution in [0.15, 0.2) is 60.4 Å². The number of esters is 1. The van der Waals surface area contributed by atoms with Crippen LogP contribution in [-0.4, -0.2) is 49.7 Å². The summed E-state index contributed by atoms with van der Waals surface area (Å²) >= 11 is 0. The standard InChI is InChI=1S/C22H18O9/c23-15-6-2-12(9-17(15)25)1-5-14-11-19(30-14)21(22(28)29)31-20(27)8-4-13-3-7-16(24)18(26)10-13/h1-11,19,21,23-26H,(H,28,29). The van der Waals surface area contributed by atoms with Gasteiger partial charge in [0.1, 0.15) is 5.76 Å². The molecule has 1 heterocycles. The normalized spacial score (nSPS) is 16.4. The van der Waals surface area contributed by atoms with E-state index in [2.05, 4.69) is 0 Å². The minimum Gasteiger partial charge on any atom is -0.504 e. The molecule has 3 rings (SSSR count). The van der Waals surface area contributed by atoms with Gasteiger partial charge in [0.15, 0.2) is 29.1 Å². The molecule has 2 unspecified atom stereocenters. The topological polar surface area (TPSA) is 154 Å². The van der Waals surface area contributed by atoms with Crippen LogP contribution in [0.25, 0.3) is 12.2 Å². The molecule has 160 valence electrons. The molecule has 0 saturated carbocycles. The largest absolute Gasteiger partial charge is 0.504 e. The van der Waals surface area contributed by atoms with Crippen LogP contribution < -0.4 is 0 Å². The maximum absolute atomic E-state index is 12.0. The molecule has 0 amide bonds. The zero-order valence-electron chi connectivity index (χ0n) is 15.9. The molecule has 9 nitrogen and oxygen atoms in total. The third-order valence-corrected chi connectivity index (χ3v) is 4.24. The number of rotatable bonds is 7. The van der Waals surface area contributed by atoms with Gasteiger partial charge in [-0.1, -0.05) is 18.2 Å². The summed E-state index contributed by atoms with van der Waals surface area (Å²) in [4.78, 5) is 23.4. The van der Waals surface area contributed by atoms with Crippen molar-refractivity contribution in [3.05, 3.63) is 71.5 Å². The first kappa shape index (κ1) is 21.3. The predicted octanol–water partition coefficient (Wildman–Crippen LogP) is 2.51. The van der Waals surface area contributed by atoms with E-state index in [1.807, 2.05) is 0 Å². The molecule has 0 spiro atoms. The molecule has 1 aliphatic rings. The zero-order chi connectivity index (χ0) is 22.5. The van der Waals surface area contributed by atoms with Gasteiger partial charge in [0.25, 0.3) is 0 Å². The molecule has 2 atom stereocenters. The Morgan fingerprint density at radius 2 is 1.42 bits per heavy atom. The van der Waals surface area contributed by atoms with Crippen molar-refractivity contribution in [1.82, 2.24) is 0 Å². The van der Waals surface area contributed by atoms with Crippen LogP contribution in [0.3, 0.4) is 0 Å². The maximum atomic E-state index is 12.0. The van der Waals surface area contributed by atoms with Crippen LogP contribution in [-0.2, 0) is 19.1 Å². The molecule has 0 fully saturated rings. The minimum atomic E-state index is -1.57. The van der Waals surface area contributed by atoms with Crippen molar-refractivity contribution in [3.63, 3.8) is 0 Å². The lowest BCUT2D eigenvalue weighted by Gasteiger charge is -2.29. The smallest absolute Gasteiger partial charge is 0.349 e. The highest BCUT2D eigenvalue weighted by atomic mass is 16.6. The van der Waals surface area contributed by atoms with Crippen LogP contribution in [0, 0.1) is 0 Å². The lowest BCUT2D eigenvalue weighted by Crippen LogP contribution is -2.42. The van der Waals surface area contributed by atoms with Gasteiger partial charge in [0, 0.05) is 12.2 Å². The van der Waals surface area contributed by atoms with Gasteiger partial charge in [-0.05, 0) is 47.5 Å². The van der Waals surface area contributed by atoms with Gasteiger partial charge in [0.2, 0.25) is 6.10 Å². The first-order valence-corrected chi connectivity index (χ1v) is 8.95. The molecule has 0 bridgehead atoms. The fourth-order valence-electron chi connectivity index (χ4n) is 2.62. The molecule has 2 aromatic carbocycles. The van der Waals surface area contributed by atoms with Crippen LogP contribution in [0.2, 0.25) is 0 Å². The van der Waals surface area contributed by atoms with Crippen molar-refractivity contribution >= 4 is 24.1 Å². The van der Waals surface area contributed by atoms with E-state index < -0.39 is 24.1 Å². The summed E-state index contributed by atoms with van der Waals surface area (Å²) in [5.74, 6) is -3.19. The summed E-state index contributed by atoms with van der Waals surface area (Å²) in [5, 5.41) is 46.8. The van der Waals surface area contributed by atoms with Gasteiger partial charge < -0.3 is 35.0 Å². The number of carboxylic acid groups (broad SMARTS) is 1. The molecule has 0 radical (unpaired) electrons. The fourth-order valence-corrected chi connectivity index (χ4v) is 2.62. The van der Waals surface area contributed by atoms with Crippen molar-refractivity contribution in [3.8, 4) is 23.0 Å². The molecule has 5 N–H and O–H groups in total. The number of aromatic hydroxyl groups is 4. The molecule has 31 heavy (non-hydrogen) atoms. The number of aliphatic carboxylic acids is 1. The van der Waals surface area contributed by atoms with Crippen molar-refractivity contribution in [2.45, 2.75) is 12.2 Å². The van der Waals surface area contributed by atoms with Crippen LogP contribution in [0.5, 0.6) is 23.0 Å². The van der Waals surface area contributed by atoms with Crippen molar-refractivity contribution in [2.75, 3.05) is 0 Å². The average Bonchev–Trinajstić information content (AvgIpc) is 2.69. The van der Waals surface area contributed by atoms with E-state index in [1.54, 1.807) is 12.1 Å². The summed E-state index contributed by atoms with van der Waals surface area (Å²) < 4.78 is 10.3. The Kier molecular flexibility index (Phi) is 6.15. The Bertz CT molecular complexity index is 1100. The van der Waals surface area contributed by atoms with E-state index in [9.17, 15) is 35.1 Å². The van der Waals surface area contributed by atoms with E-state index >= 15 is 0 Å². The average molecular weight is 426 g/mol. The molecule has 1 aliphatic heterocycles. The number of carbonyl (C=O) groups excluding carboxylic acids is 1. The quantitative estimate of drug-likeness (QED) is 0.255. The first-order valence-electron chi connectivity index (χ1n) is 8.95. The summed E-state index contributed by atoms with van der Waals surface area (Å²) in [6, 6.07) is 8.12. The Labute approximate surface area is 176 Å². The second-order valence-corrected chi connectivity index (χ2v) is 6.51. The van der Waals surface area contributed by atoms with E-state index in [4.69, 9.17) is 9.47 Å². The van der Waals surface area contributed by atoms with Crippen molar-refractivity contribution < 1.29 is 44.6 Å². The summed E-state index contributed by atoms with van der Waals surface area (Å²) in [5.41, 5.74) is 0.974. The number of phenolic OH excluding ortho intramolecular Hbond substituents is 4. The van der Waals surface area contributed by atoms with Gasteiger partial charge in [-0.2, -0.15) is 0 Å². The molecule has 2 aromatic rings. The van der Waals surface area contributed by atoms with Crippen LogP contribution in [0.1, 0.15) is 11.1 Å². The SMILES string of the molecule is O=C(C=Cc1ccc(O)c(O)c1)OC(C(=O)O)C1C=C(C=Cc2ccc(O)c(O)c2)O1. The van der Waals surface area contributed by atoms with E-state index in [0.29, 0.717) is 16.9 Å². The highest BCUT2D eigenvalue weighted by Gasteiger charge is 2.36. The van der Waals surface area contributed by atoms with Crippen LogP contribution in [0.4, 0.5) is 0 Å². The van der Waals surface area contributed by atoms with E-state index in [1.165, 1.54) is 48.6 Å². The molecule has 0 saturated heterocycles. The minimum absolute atomic E-state index is 0.251. The zero-order valence-corrected chi connectivity index (χ0v) is 15.9. The Hall–Kier alpha value is -4.40. The summed E-state index contributed by atoms with van der Waals surface area (Å²) in [7, 11) is 0. The first-order chi connectivity index (χ1) is 14.7. The maximum Gasteiger partial charge on any atom is 0.349 e. The lowest BCUT2D eigenvalue weighted by molar-refractivity contribution is -0.168. The number of ether oxygens (including phenoxy) is 2. The van der Waals surface area contributed by atoms with Crippen molar-refractivity contribution in [1.29, 1.82) is 0 Å². The highest BCUT2D eigenvalue weighted by Crippen LogP contribution is 2.28. The van der Waals surface area contributed by atoms with Gasteiger partial charge >= 0.3 is 11.9 Å². The predicted molar refractivity (Wildman–Crippen MR) is 108 cm³/mol. The number of hydrogen-bond acceptors (Lipinski definition) is 8. The van der Waals surface area contributed by atoms with E-state index in [-0.39, 0.29) is 23.0 Å². The third-order valence-electron chi connectivity index (χ3n) is 4.24. The molecular weight excluding hydrogens is 408 g/mol. The van der Waals surface area contributed by atoms with Crippen LogP contribution >= 0.6 is 0 Å². The monoisotopic (exact) mass is 426 g/mol. The highest BCUT2D eigenvalue weighted by molar-refractivity contribution is 5.89. The van der Waals surface area contributed by atoms with Gasteiger partial charge in [0.05, 0.1) is 0 Å². The second kappa shape index (κ2) is 8.95. The molecule has 0 aliphatic carbocycles. The molecular formula is C22H18O9. The fraction of sp³-hybridized carbons (Fsp3) is 0.0909.